The second-order valence-corrected chi connectivity index (χ2v) is 8.03. The molecule has 0 fully saturated rings. The summed E-state index contributed by atoms with van der Waals surface area (Å²) in [6.45, 7) is 5.96. The van der Waals surface area contributed by atoms with E-state index in [0.29, 0.717) is 33.2 Å². The molecule has 160 valence electrons. The van der Waals surface area contributed by atoms with E-state index in [0.717, 1.165) is 11.3 Å². The third-order valence-corrected chi connectivity index (χ3v) is 5.60. The Kier molecular flexibility index (Phi) is 6.94. The van der Waals surface area contributed by atoms with Crippen LogP contribution in [0.2, 0.25) is 5.02 Å². The van der Waals surface area contributed by atoms with Gasteiger partial charge in [-0.3, -0.25) is 9.36 Å². The molecular weight excluding hydrogens is 428 g/mol. The van der Waals surface area contributed by atoms with Gasteiger partial charge in [-0.15, -0.1) is 10.2 Å². The summed E-state index contributed by atoms with van der Waals surface area (Å²) < 4.78 is 17.9. The Morgan fingerprint density at radius 3 is 2.60 bits per heavy atom. The minimum absolute atomic E-state index is 0.107. The van der Waals surface area contributed by atoms with Crippen molar-refractivity contribution >= 4 is 35.0 Å². The monoisotopic (exact) mass is 450 g/mol. The summed E-state index contributed by atoms with van der Waals surface area (Å²) in [5, 5.41) is 12.5. The lowest BCUT2D eigenvalue weighted by Crippen LogP contribution is -2.15. The first-order valence-electron chi connectivity index (χ1n) is 9.19. The van der Waals surface area contributed by atoms with E-state index in [1.165, 1.54) is 26.0 Å². The number of hydrogen-bond donors (Lipinski definition) is 1. The molecule has 3 rings (SSSR count). The molecule has 10 heteroatoms. The first-order chi connectivity index (χ1) is 14.3. The summed E-state index contributed by atoms with van der Waals surface area (Å²) in [7, 11) is 3.01. The summed E-state index contributed by atoms with van der Waals surface area (Å²) in [6, 6.07) is 5.19. The number of aryl methyl sites for hydroxylation is 1. The summed E-state index contributed by atoms with van der Waals surface area (Å²) in [4.78, 5) is 12.6. The van der Waals surface area contributed by atoms with Crippen molar-refractivity contribution in [1.29, 1.82) is 0 Å². The number of thioether (sulfide) groups is 1. The van der Waals surface area contributed by atoms with Gasteiger partial charge in [0.15, 0.2) is 11.0 Å². The summed E-state index contributed by atoms with van der Waals surface area (Å²) in [5.74, 6) is 2.29. The van der Waals surface area contributed by atoms with Gasteiger partial charge in [0.2, 0.25) is 5.91 Å². The van der Waals surface area contributed by atoms with Crippen molar-refractivity contribution in [3.63, 3.8) is 0 Å². The number of amides is 1. The van der Waals surface area contributed by atoms with Crippen LogP contribution in [0.1, 0.15) is 25.6 Å². The van der Waals surface area contributed by atoms with E-state index in [1.807, 2.05) is 31.4 Å². The Balaban J connectivity index is 1.76. The normalized spacial score (nSPS) is 11.0. The second kappa shape index (κ2) is 9.44. The number of aromatic nitrogens is 3. The predicted octanol–water partition coefficient (Wildman–Crippen LogP) is 4.83. The Morgan fingerprint density at radius 1 is 1.27 bits per heavy atom. The van der Waals surface area contributed by atoms with Gasteiger partial charge in [0.25, 0.3) is 0 Å². The van der Waals surface area contributed by atoms with Crippen LogP contribution in [-0.2, 0) is 4.79 Å². The van der Waals surface area contributed by atoms with Gasteiger partial charge in [0.05, 0.1) is 42.5 Å². The van der Waals surface area contributed by atoms with Crippen molar-refractivity contribution in [1.82, 2.24) is 14.8 Å². The number of hydrogen-bond acceptors (Lipinski definition) is 7. The largest absolute Gasteiger partial charge is 0.495 e. The number of nitrogens with zero attached hydrogens (tertiary/aromatic N) is 3. The van der Waals surface area contributed by atoms with Crippen molar-refractivity contribution in [3.05, 3.63) is 35.2 Å². The number of methoxy groups -OCH3 is 2. The molecule has 0 radical (unpaired) electrons. The number of nitrogens with one attached hydrogen (secondary N) is 1. The molecule has 0 aliphatic heterocycles. The van der Waals surface area contributed by atoms with Gasteiger partial charge < -0.3 is 19.2 Å². The molecule has 0 atom stereocenters. The van der Waals surface area contributed by atoms with Crippen LogP contribution in [0.5, 0.6) is 11.5 Å². The van der Waals surface area contributed by atoms with E-state index in [2.05, 4.69) is 15.5 Å². The Bertz CT molecular complexity index is 1050. The van der Waals surface area contributed by atoms with Crippen molar-refractivity contribution < 1.29 is 18.7 Å². The molecule has 0 unspecified atom stereocenters. The van der Waals surface area contributed by atoms with Crippen molar-refractivity contribution in [2.24, 2.45) is 0 Å². The third kappa shape index (κ3) is 4.57. The van der Waals surface area contributed by atoms with E-state index >= 15 is 0 Å². The number of benzene rings is 1. The van der Waals surface area contributed by atoms with E-state index in [4.69, 9.17) is 25.5 Å². The molecule has 1 aromatic carbocycles. The fraction of sp³-hybridized carbons (Fsp3) is 0.350. The van der Waals surface area contributed by atoms with Crippen molar-refractivity contribution in [3.8, 4) is 22.9 Å². The highest BCUT2D eigenvalue weighted by molar-refractivity contribution is 7.99. The molecule has 0 bridgehead atoms. The van der Waals surface area contributed by atoms with Crippen LogP contribution in [0, 0.1) is 6.92 Å². The predicted molar refractivity (Wildman–Crippen MR) is 117 cm³/mol. The molecule has 0 saturated carbocycles. The van der Waals surface area contributed by atoms with Crippen LogP contribution in [-0.4, -0.2) is 40.6 Å². The van der Waals surface area contributed by atoms with Crippen LogP contribution in [0.4, 0.5) is 5.69 Å². The first kappa shape index (κ1) is 22.0. The average molecular weight is 451 g/mol. The number of furan rings is 1. The first-order valence-corrected chi connectivity index (χ1v) is 10.6. The van der Waals surface area contributed by atoms with Crippen LogP contribution in [0.3, 0.4) is 0 Å². The quantitative estimate of drug-likeness (QED) is 0.491. The molecule has 3 aromatic rings. The van der Waals surface area contributed by atoms with E-state index in [1.54, 1.807) is 18.4 Å². The summed E-state index contributed by atoms with van der Waals surface area (Å²) >= 11 is 7.42. The second-order valence-electron chi connectivity index (χ2n) is 6.68. The number of ether oxygens (including phenoxy) is 2. The Hall–Kier alpha value is -2.65. The van der Waals surface area contributed by atoms with Gasteiger partial charge in [-0.1, -0.05) is 23.4 Å². The fourth-order valence-corrected chi connectivity index (χ4v) is 4.01. The van der Waals surface area contributed by atoms with Crippen LogP contribution in [0.25, 0.3) is 11.4 Å². The minimum atomic E-state index is -0.220. The smallest absolute Gasteiger partial charge is 0.234 e. The number of halogens is 1. The van der Waals surface area contributed by atoms with Crippen LogP contribution < -0.4 is 14.8 Å². The number of carbonyl (C=O) groups is 1. The van der Waals surface area contributed by atoms with E-state index in [9.17, 15) is 4.79 Å². The standard InChI is InChI=1S/C20H23ClN4O4S/c1-11(2)25-19(13-6-7-29-12(13)3)23-24-20(25)30-10-18(26)22-15-9-16(27-4)14(21)8-17(15)28-5/h6-9,11H,10H2,1-5H3,(H,22,26). The lowest BCUT2D eigenvalue weighted by molar-refractivity contribution is -0.113. The highest BCUT2D eigenvalue weighted by Gasteiger charge is 2.20. The fourth-order valence-electron chi connectivity index (χ4n) is 2.92. The maximum absolute atomic E-state index is 12.6. The molecule has 2 aromatic heterocycles. The van der Waals surface area contributed by atoms with E-state index < -0.39 is 0 Å². The molecule has 0 aliphatic carbocycles. The maximum atomic E-state index is 12.6. The molecule has 1 amide bonds. The lowest BCUT2D eigenvalue weighted by atomic mass is 10.2. The van der Waals surface area contributed by atoms with Gasteiger partial charge in [-0.2, -0.15) is 0 Å². The minimum Gasteiger partial charge on any atom is -0.495 e. The number of carbonyl (C=O) groups excluding carboxylic acids is 1. The van der Waals surface area contributed by atoms with Crippen LogP contribution in [0.15, 0.2) is 34.0 Å². The maximum Gasteiger partial charge on any atom is 0.234 e. The molecule has 0 saturated heterocycles. The highest BCUT2D eigenvalue weighted by Crippen LogP contribution is 2.36. The van der Waals surface area contributed by atoms with E-state index in [-0.39, 0.29) is 17.7 Å². The van der Waals surface area contributed by atoms with Gasteiger partial charge >= 0.3 is 0 Å². The molecule has 2 heterocycles. The van der Waals surface area contributed by atoms with Crippen molar-refractivity contribution in [2.45, 2.75) is 32.0 Å². The molecule has 0 spiro atoms. The SMILES string of the molecule is COc1cc(NC(=O)CSc2nnc(-c3ccoc3C)n2C(C)C)c(OC)cc1Cl. The topological polar surface area (TPSA) is 91.4 Å². The zero-order valence-electron chi connectivity index (χ0n) is 17.4. The zero-order valence-corrected chi connectivity index (χ0v) is 18.9. The Labute approximate surface area is 183 Å². The van der Waals surface area contributed by atoms with Gasteiger partial charge in [-0.25, -0.2) is 0 Å². The molecular formula is C20H23ClN4O4S. The Morgan fingerprint density at radius 2 is 2.00 bits per heavy atom. The average Bonchev–Trinajstić information content (AvgIpc) is 3.32. The van der Waals surface area contributed by atoms with Crippen LogP contribution >= 0.6 is 23.4 Å². The lowest BCUT2D eigenvalue weighted by Gasteiger charge is -2.14. The molecule has 1 N–H and O–H groups in total. The summed E-state index contributed by atoms with van der Waals surface area (Å²) in [6.07, 6.45) is 1.62. The van der Waals surface area contributed by atoms with Crippen molar-refractivity contribution in [2.75, 3.05) is 25.3 Å². The van der Waals surface area contributed by atoms with Gasteiger partial charge in [0, 0.05) is 18.2 Å². The number of rotatable bonds is 8. The third-order valence-electron chi connectivity index (χ3n) is 4.36. The molecule has 8 nitrogen and oxygen atoms in total. The van der Waals surface area contributed by atoms with Gasteiger partial charge in [0.1, 0.15) is 17.3 Å². The summed E-state index contributed by atoms with van der Waals surface area (Å²) in [5.41, 5.74) is 1.36. The number of anilines is 1. The highest BCUT2D eigenvalue weighted by atomic mass is 35.5. The zero-order chi connectivity index (χ0) is 21.8. The van der Waals surface area contributed by atoms with Gasteiger partial charge in [-0.05, 0) is 26.8 Å². The molecule has 0 aliphatic rings. The molecule has 30 heavy (non-hydrogen) atoms.